The maximum Gasteiger partial charge on any atom is 0.390 e. The first kappa shape index (κ1) is 17.1. The molecule has 6 nitrogen and oxygen atoms in total. The van der Waals surface area contributed by atoms with Crippen molar-refractivity contribution in [3.8, 4) is 0 Å². The summed E-state index contributed by atoms with van der Waals surface area (Å²) in [4.78, 5) is 11.7. The molecule has 9 heteroatoms. The molecule has 1 aromatic rings. The molecule has 21 heavy (non-hydrogen) atoms. The summed E-state index contributed by atoms with van der Waals surface area (Å²) in [5, 5.41) is 6.54. The lowest BCUT2D eigenvalue weighted by Crippen LogP contribution is -2.16. The second-order valence-electron chi connectivity index (χ2n) is 4.97. The minimum absolute atomic E-state index is 0.00394. The predicted molar refractivity (Wildman–Crippen MR) is 72.0 cm³/mol. The zero-order valence-corrected chi connectivity index (χ0v) is 12.1. The number of carbonyl (C=O) groups is 1. The highest BCUT2D eigenvalue weighted by atomic mass is 19.4. The van der Waals surface area contributed by atoms with Crippen LogP contribution >= 0.6 is 0 Å². The number of alkyl halides is 3. The number of carbonyl (C=O) groups excluding carboxylic acids is 1. The van der Waals surface area contributed by atoms with Crippen molar-refractivity contribution in [3.05, 3.63) is 5.56 Å². The topological polar surface area (TPSA) is 82.2 Å². The molecule has 1 aromatic heterocycles. The van der Waals surface area contributed by atoms with Gasteiger partial charge < -0.3 is 15.8 Å². The quantitative estimate of drug-likeness (QED) is 0.788. The second-order valence-corrected chi connectivity index (χ2v) is 4.97. The largest absolute Gasteiger partial charge is 0.465 e. The van der Waals surface area contributed by atoms with Gasteiger partial charge in [-0.25, -0.2) is 9.48 Å². The Balaban J connectivity index is 2.97. The minimum atomic E-state index is -4.29. The van der Waals surface area contributed by atoms with Crippen LogP contribution in [0.3, 0.4) is 0 Å². The van der Waals surface area contributed by atoms with E-state index < -0.39 is 25.1 Å². The normalized spacial score (nSPS) is 11.8. The summed E-state index contributed by atoms with van der Waals surface area (Å²) in [6.45, 7) is 3.90. The van der Waals surface area contributed by atoms with Gasteiger partial charge >= 0.3 is 12.1 Å². The van der Waals surface area contributed by atoms with E-state index in [1.54, 1.807) is 0 Å². The SMILES string of the molecule is COC(=O)c1c(NCCC(F)(F)F)nn(CC(C)C)c1N. The van der Waals surface area contributed by atoms with Gasteiger partial charge in [0.25, 0.3) is 0 Å². The van der Waals surface area contributed by atoms with Crippen molar-refractivity contribution >= 4 is 17.6 Å². The Bertz CT molecular complexity index is 497. The van der Waals surface area contributed by atoms with Crippen LogP contribution in [0.4, 0.5) is 24.8 Å². The van der Waals surface area contributed by atoms with Crippen molar-refractivity contribution < 1.29 is 22.7 Å². The molecule has 0 saturated carbocycles. The summed E-state index contributed by atoms with van der Waals surface area (Å²) in [6, 6.07) is 0. The van der Waals surface area contributed by atoms with E-state index in [1.807, 2.05) is 13.8 Å². The van der Waals surface area contributed by atoms with E-state index in [4.69, 9.17) is 5.73 Å². The van der Waals surface area contributed by atoms with Crippen LogP contribution in [0, 0.1) is 5.92 Å². The second kappa shape index (κ2) is 6.68. The molecule has 0 spiro atoms. The molecule has 0 aliphatic heterocycles. The van der Waals surface area contributed by atoms with Gasteiger partial charge in [-0.05, 0) is 5.92 Å². The van der Waals surface area contributed by atoms with Crippen LogP contribution in [0.25, 0.3) is 0 Å². The Morgan fingerprint density at radius 2 is 2.10 bits per heavy atom. The third-order valence-corrected chi connectivity index (χ3v) is 2.62. The van der Waals surface area contributed by atoms with Crippen LogP contribution in [0.2, 0.25) is 0 Å². The maximum atomic E-state index is 12.2. The summed E-state index contributed by atoms with van der Waals surface area (Å²) >= 11 is 0. The Morgan fingerprint density at radius 1 is 1.48 bits per heavy atom. The highest BCUT2D eigenvalue weighted by molar-refractivity contribution is 5.99. The molecule has 0 aliphatic carbocycles. The predicted octanol–water partition coefficient (Wildman–Crippen LogP) is 2.27. The number of hydrogen-bond donors (Lipinski definition) is 2. The number of nitrogen functional groups attached to an aromatic ring is 1. The number of aromatic nitrogens is 2. The lowest BCUT2D eigenvalue weighted by molar-refractivity contribution is -0.131. The Morgan fingerprint density at radius 3 is 2.57 bits per heavy atom. The van der Waals surface area contributed by atoms with Gasteiger partial charge in [0.2, 0.25) is 0 Å². The van der Waals surface area contributed by atoms with E-state index in [-0.39, 0.29) is 23.1 Å². The van der Waals surface area contributed by atoms with Gasteiger partial charge in [0.1, 0.15) is 11.4 Å². The zero-order chi connectivity index (χ0) is 16.2. The molecule has 0 bridgehead atoms. The average molecular weight is 308 g/mol. The van der Waals surface area contributed by atoms with Gasteiger partial charge in [-0.2, -0.15) is 18.3 Å². The summed E-state index contributed by atoms with van der Waals surface area (Å²) in [6.07, 6.45) is -5.32. The molecule has 0 fully saturated rings. The molecule has 3 N–H and O–H groups in total. The van der Waals surface area contributed by atoms with Crippen LogP contribution < -0.4 is 11.1 Å². The van der Waals surface area contributed by atoms with Crippen LogP contribution in [-0.4, -0.2) is 35.6 Å². The first-order valence-corrected chi connectivity index (χ1v) is 6.41. The zero-order valence-electron chi connectivity index (χ0n) is 12.1. The van der Waals surface area contributed by atoms with Gasteiger partial charge in [0, 0.05) is 13.1 Å². The van der Waals surface area contributed by atoms with Crippen molar-refractivity contribution in [1.29, 1.82) is 0 Å². The molecule has 0 saturated heterocycles. The van der Waals surface area contributed by atoms with E-state index in [9.17, 15) is 18.0 Å². The molecule has 1 heterocycles. The van der Waals surface area contributed by atoms with E-state index in [0.29, 0.717) is 6.54 Å². The first-order valence-electron chi connectivity index (χ1n) is 6.41. The Hall–Kier alpha value is -1.93. The highest BCUT2D eigenvalue weighted by Crippen LogP contribution is 2.25. The molecular formula is C12H19F3N4O2. The molecule has 0 amide bonds. The van der Waals surface area contributed by atoms with Crippen LogP contribution in [-0.2, 0) is 11.3 Å². The third-order valence-electron chi connectivity index (χ3n) is 2.62. The molecule has 0 aromatic carbocycles. The smallest absolute Gasteiger partial charge is 0.390 e. The molecule has 0 radical (unpaired) electrons. The number of nitrogens with two attached hydrogens (primary N) is 1. The molecular weight excluding hydrogens is 289 g/mol. The third kappa shape index (κ3) is 4.83. The molecule has 1 rings (SSSR count). The molecule has 0 aliphatic rings. The lowest BCUT2D eigenvalue weighted by atomic mass is 10.2. The van der Waals surface area contributed by atoms with Crippen LogP contribution in [0.5, 0.6) is 0 Å². The van der Waals surface area contributed by atoms with E-state index >= 15 is 0 Å². The molecule has 0 unspecified atom stereocenters. The lowest BCUT2D eigenvalue weighted by Gasteiger charge is -2.07. The number of methoxy groups -OCH3 is 1. The standard InChI is InChI=1S/C12H19F3N4O2/c1-7(2)6-19-9(16)8(11(20)21-3)10(18-19)17-5-4-12(13,14)15/h7H,4-6,16H2,1-3H3,(H,17,18). The fraction of sp³-hybridized carbons (Fsp3) is 0.667. The summed E-state index contributed by atoms with van der Waals surface area (Å²) in [7, 11) is 1.17. The maximum absolute atomic E-state index is 12.2. The van der Waals surface area contributed by atoms with Crippen molar-refractivity contribution in [1.82, 2.24) is 9.78 Å². The van der Waals surface area contributed by atoms with Gasteiger partial charge in [-0.1, -0.05) is 13.8 Å². The number of esters is 1. The summed E-state index contributed by atoms with van der Waals surface area (Å²) in [5.41, 5.74) is 5.78. The van der Waals surface area contributed by atoms with Crippen molar-refractivity contribution in [2.45, 2.75) is 33.0 Å². The number of ether oxygens (including phenoxy) is 1. The molecule has 120 valence electrons. The fourth-order valence-electron chi connectivity index (χ4n) is 1.71. The minimum Gasteiger partial charge on any atom is -0.465 e. The van der Waals surface area contributed by atoms with Crippen LogP contribution in [0.15, 0.2) is 0 Å². The van der Waals surface area contributed by atoms with Crippen LogP contribution in [0.1, 0.15) is 30.6 Å². The number of anilines is 2. The molecule has 0 atom stereocenters. The number of rotatable bonds is 6. The first-order chi connectivity index (χ1) is 9.65. The van der Waals surface area contributed by atoms with Gasteiger partial charge in [0.15, 0.2) is 5.82 Å². The van der Waals surface area contributed by atoms with Gasteiger partial charge in [0.05, 0.1) is 13.5 Å². The van der Waals surface area contributed by atoms with Crippen molar-refractivity contribution in [3.63, 3.8) is 0 Å². The van der Waals surface area contributed by atoms with E-state index in [1.165, 1.54) is 11.8 Å². The highest BCUT2D eigenvalue weighted by Gasteiger charge is 2.28. The van der Waals surface area contributed by atoms with Gasteiger partial charge in [-0.3, -0.25) is 0 Å². The number of nitrogens with zero attached hydrogens (tertiary/aromatic N) is 2. The monoisotopic (exact) mass is 308 g/mol. The van der Waals surface area contributed by atoms with E-state index in [2.05, 4.69) is 15.2 Å². The van der Waals surface area contributed by atoms with Crippen molar-refractivity contribution in [2.75, 3.05) is 24.7 Å². The van der Waals surface area contributed by atoms with E-state index in [0.717, 1.165) is 0 Å². The Labute approximate surface area is 120 Å². The number of halogens is 3. The average Bonchev–Trinajstić information content (AvgIpc) is 2.63. The number of hydrogen-bond acceptors (Lipinski definition) is 5. The summed E-state index contributed by atoms with van der Waals surface area (Å²) < 4.78 is 42.4. The number of nitrogens with one attached hydrogen (secondary N) is 1. The van der Waals surface area contributed by atoms with Crippen molar-refractivity contribution in [2.24, 2.45) is 5.92 Å². The Kier molecular flexibility index (Phi) is 5.45. The summed E-state index contributed by atoms with van der Waals surface area (Å²) in [5.74, 6) is -0.452. The fourth-order valence-corrected chi connectivity index (χ4v) is 1.71. The van der Waals surface area contributed by atoms with Gasteiger partial charge in [-0.15, -0.1) is 0 Å².